The first kappa shape index (κ1) is 27.5. The zero-order valence-electron chi connectivity index (χ0n) is 21.6. The van der Waals surface area contributed by atoms with Gasteiger partial charge < -0.3 is 29.4 Å². The Morgan fingerprint density at radius 2 is 1.97 bits per heavy atom. The lowest BCUT2D eigenvalue weighted by molar-refractivity contribution is -0.190. The summed E-state index contributed by atoms with van der Waals surface area (Å²) in [6.45, 7) is 3.63. The topological polar surface area (TPSA) is 110 Å². The predicted molar refractivity (Wildman–Crippen MR) is 134 cm³/mol. The van der Waals surface area contributed by atoms with E-state index in [0.29, 0.717) is 25.4 Å². The van der Waals surface area contributed by atoms with Crippen LogP contribution in [0.2, 0.25) is 0 Å². The number of aromatic nitrogens is 5. The first-order chi connectivity index (χ1) is 18.6. The number of rotatable bonds is 7. The molecule has 14 heteroatoms. The molecule has 0 aliphatic carbocycles. The lowest BCUT2D eigenvalue weighted by Crippen LogP contribution is -2.45. The van der Waals surface area contributed by atoms with Crippen molar-refractivity contribution >= 4 is 28.6 Å². The fourth-order valence-corrected chi connectivity index (χ4v) is 4.81. The summed E-state index contributed by atoms with van der Waals surface area (Å²) in [5.74, 6) is 0.968. The summed E-state index contributed by atoms with van der Waals surface area (Å²) in [7, 11) is 0. The van der Waals surface area contributed by atoms with Gasteiger partial charge in [-0.3, -0.25) is 0 Å². The molecule has 5 heterocycles. The normalized spacial score (nSPS) is 24.1. The number of pyridine rings is 1. The van der Waals surface area contributed by atoms with Gasteiger partial charge in [0.15, 0.2) is 6.29 Å². The highest BCUT2D eigenvalue weighted by molar-refractivity contribution is 5.79. The van der Waals surface area contributed by atoms with E-state index < -0.39 is 36.9 Å². The van der Waals surface area contributed by atoms with Gasteiger partial charge in [0.2, 0.25) is 5.95 Å². The van der Waals surface area contributed by atoms with Gasteiger partial charge in [0, 0.05) is 25.4 Å². The number of imidazole rings is 1. The Hall–Kier alpha value is -3.10. The van der Waals surface area contributed by atoms with Crippen molar-refractivity contribution in [3.05, 3.63) is 30.4 Å². The maximum absolute atomic E-state index is 14.0. The molecule has 3 aromatic heterocycles. The molecular weight excluding hydrogens is 522 g/mol. The number of piperidine rings is 1. The van der Waals surface area contributed by atoms with Crippen LogP contribution in [-0.4, -0.2) is 74.0 Å². The van der Waals surface area contributed by atoms with E-state index in [1.165, 1.54) is 18.5 Å². The van der Waals surface area contributed by atoms with Gasteiger partial charge >= 0.3 is 6.18 Å². The molecule has 10 nitrogen and oxygen atoms in total. The molecule has 0 saturated carbocycles. The van der Waals surface area contributed by atoms with Crippen LogP contribution in [0.4, 0.5) is 35.1 Å². The highest BCUT2D eigenvalue weighted by atomic mass is 19.4. The van der Waals surface area contributed by atoms with E-state index in [1.807, 2.05) is 0 Å². The molecule has 212 valence electrons. The van der Waals surface area contributed by atoms with Crippen molar-refractivity contribution in [3.8, 4) is 0 Å². The van der Waals surface area contributed by atoms with Crippen molar-refractivity contribution in [1.29, 1.82) is 0 Å². The molecule has 2 N–H and O–H groups in total. The average Bonchev–Trinajstić information content (AvgIpc) is 3.29. The van der Waals surface area contributed by atoms with Crippen LogP contribution in [0.1, 0.15) is 57.5 Å². The van der Waals surface area contributed by atoms with Crippen molar-refractivity contribution < 1.29 is 32.1 Å². The van der Waals surface area contributed by atoms with Crippen molar-refractivity contribution in [2.75, 3.05) is 29.9 Å². The number of aliphatic hydroxyl groups excluding tert-OH is 1. The summed E-state index contributed by atoms with van der Waals surface area (Å²) in [6, 6.07) is 1.18. The highest BCUT2D eigenvalue weighted by Crippen LogP contribution is 2.37. The number of halogens is 4. The third-order valence-electron chi connectivity index (χ3n) is 7.01. The van der Waals surface area contributed by atoms with Crippen LogP contribution >= 0.6 is 0 Å². The van der Waals surface area contributed by atoms with Crippen LogP contribution in [0.25, 0.3) is 11.0 Å². The maximum Gasteiger partial charge on any atom is 0.408 e. The van der Waals surface area contributed by atoms with Crippen LogP contribution in [-0.2, 0) is 9.47 Å². The Kier molecular flexibility index (Phi) is 7.87. The first-order valence-electron chi connectivity index (χ1n) is 13.0. The molecule has 2 aliphatic heterocycles. The summed E-state index contributed by atoms with van der Waals surface area (Å²) in [5, 5.41) is 12.7. The third kappa shape index (κ3) is 6.07. The maximum atomic E-state index is 14.0. The van der Waals surface area contributed by atoms with Gasteiger partial charge in [-0.25, -0.2) is 19.3 Å². The minimum Gasteiger partial charge on any atom is -0.390 e. The SMILES string of the molecule is CC(O[C@@H]1CCCCO1)c1nc2cnc(Nc3ccnc(N4CCC(O)C(F)C4)n3)cc2n1[C@@H](C)C(F)(F)F. The van der Waals surface area contributed by atoms with Crippen LogP contribution in [0.15, 0.2) is 24.5 Å². The summed E-state index contributed by atoms with van der Waals surface area (Å²) < 4.78 is 68.6. The zero-order chi connectivity index (χ0) is 27.7. The number of alkyl halides is 4. The van der Waals surface area contributed by atoms with Gasteiger partial charge in [0.1, 0.15) is 41.3 Å². The smallest absolute Gasteiger partial charge is 0.390 e. The Morgan fingerprint density at radius 3 is 2.69 bits per heavy atom. The molecule has 3 aromatic rings. The van der Waals surface area contributed by atoms with E-state index in [-0.39, 0.29) is 41.6 Å². The Labute approximate surface area is 222 Å². The van der Waals surface area contributed by atoms with Crippen LogP contribution in [0, 0.1) is 0 Å². The minimum atomic E-state index is -4.53. The monoisotopic (exact) mass is 553 g/mol. The number of nitrogens with zero attached hydrogens (tertiary/aromatic N) is 6. The minimum absolute atomic E-state index is 0.0434. The second-order valence-electron chi connectivity index (χ2n) is 9.88. The van der Waals surface area contributed by atoms with Crippen molar-refractivity contribution in [1.82, 2.24) is 24.5 Å². The molecule has 3 unspecified atom stereocenters. The number of fused-ring (bicyclic) bond motifs is 1. The van der Waals surface area contributed by atoms with E-state index in [2.05, 4.69) is 25.3 Å². The van der Waals surface area contributed by atoms with Crippen molar-refractivity contribution in [3.63, 3.8) is 0 Å². The van der Waals surface area contributed by atoms with Crippen LogP contribution in [0.5, 0.6) is 0 Å². The van der Waals surface area contributed by atoms with E-state index in [0.717, 1.165) is 24.3 Å². The number of anilines is 3. The number of aliphatic hydroxyl groups is 1. The van der Waals surface area contributed by atoms with Gasteiger partial charge in [0.25, 0.3) is 0 Å². The summed E-state index contributed by atoms with van der Waals surface area (Å²) >= 11 is 0. The average molecular weight is 554 g/mol. The first-order valence-corrected chi connectivity index (χ1v) is 13.0. The predicted octanol–water partition coefficient (Wildman–Crippen LogP) is 4.60. The van der Waals surface area contributed by atoms with Gasteiger partial charge in [-0.15, -0.1) is 0 Å². The van der Waals surface area contributed by atoms with E-state index in [4.69, 9.17) is 9.47 Å². The zero-order valence-corrected chi connectivity index (χ0v) is 21.6. The second-order valence-corrected chi connectivity index (χ2v) is 9.88. The molecule has 2 fully saturated rings. The Morgan fingerprint density at radius 1 is 1.15 bits per heavy atom. The molecule has 2 saturated heterocycles. The largest absolute Gasteiger partial charge is 0.408 e. The fourth-order valence-electron chi connectivity index (χ4n) is 4.81. The molecule has 39 heavy (non-hydrogen) atoms. The van der Waals surface area contributed by atoms with Crippen molar-refractivity contribution in [2.45, 2.75) is 76.4 Å². The molecule has 0 aromatic carbocycles. The van der Waals surface area contributed by atoms with Crippen LogP contribution in [0.3, 0.4) is 0 Å². The third-order valence-corrected chi connectivity index (χ3v) is 7.01. The molecule has 0 radical (unpaired) electrons. The van der Waals surface area contributed by atoms with Gasteiger partial charge in [0.05, 0.1) is 24.4 Å². The van der Waals surface area contributed by atoms with Gasteiger partial charge in [-0.1, -0.05) is 0 Å². The Balaban J connectivity index is 1.43. The Bertz CT molecular complexity index is 1280. The van der Waals surface area contributed by atoms with Gasteiger partial charge in [-0.05, 0) is 45.6 Å². The second kappa shape index (κ2) is 11.2. The highest BCUT2D eigenvalue weighted by Gasteiger charge is 2.40. The molecule has 2 aliphatic rings. The number of hydrogen-bond donors (Lipinski definition) is 2. The molecule has 5 atom stereocenters. The molecule has 0 bridgehead atoms. The number of hydrogen-bond acceptors (Lipinski definition) is 9. The van der Waals surface area contributed by atoms with Crippen molar-refractivity contribution in [2.24, 2.45) is 0 Å². The molecule has 5 rings (SSSR count). The standard InChI is InChI=1S/C25H31F4N7O3/c1-14(39-22-5-3-4-10-38-22)23-32-17-12-31-21(11-18(17)36(23)15(2)25(27,28)29)33-20-6-8-30-24(34-20)35-9-7-19(37)16(26)13-35/h6,8,11-12,14-16,19,22,37H,3-5,7,9-10,13H2,1-2H3,(H,30,31,33,34)/t14?,15-,16?,19?,22+/m0/s1. The fraction of sp³-hybridized carbons (Fsp3) is 0.600. The molecule has 0 amide bonds. The van der Waals surface area contributed by atoms with Gasteiger partial charge in [-0.2, -0.15) is 18.2 Å². The molecule has 0 spiro atoms. The quantitative estimate of drug-likeness (QED) is 0.406. The lowest BCUT2D eigenvalue weighted by atomic mass is 10.1. The van der Waals surface area contributed by atoms with E-state index >= 15 is 0 Å². The number of nitrogens with one attached hydrogen (secondary N) is 1. The van der Waals surface area contributed by atoms with E-state index in [9.17, 15) is 22.7 Å². The summed E-state index contributed by atoms with van der Waals surface area (Å²) in [4.78, 5) is 19.0. The van der Waals surface area contributed by atoms with E-state index in [1.54, 1.807) is 17.9 Å². The lowest BCUT2D eigenvalue weighted by Gasteiger charge is -2.32. The summed E-state index contributed by atoms with van der Waals surface area (Å²) in [6.07, 6.45) is -2.57. The van der Waals surface area contributed by atoms with Crippen LogP contribution < -0.4 is 10.2 Å². The number of ether oxygens (including phenoxy) is 2. The molecular formula is C25H31F4N7O3. The summed E-state index contributed by atoms with van der Waals surface area (Å²) in [5.41, 5.74) is 0.516.